The molecule has 0 unspecified atom stereocenters. The fraction of sp³-hybridized carbons (Fsp3) is 0.100. The minimum atomic E-state index is -0.642. The number of esters is 1. The molecule has 3 rings (SSSR count). The van der Waals surface area contributed by atoms with Crippen LogP contribution in [0.3, 0.4) is 0 Å². The van der Waals surface area contributed by atoms with Crippen LogP contribution < -0.4 is 9.47 Å². The van der Waals surface area contributed by atoms with E-state index in [1.165, 1.54) is 31.4 Å². The van der Waals surface area contributed by atoms with Crippen LogP contribution in [-0.4, -0.2) is 25.6 Å². The maximum Gasteiger partial charge on any atom is 0.363 e. The fourth-order valence-electron chi connectivity index (χ4n) is 2.42. The van der Waals surface area contributed by atoms with Gasteiger partial charge in [0.2, 0.25) is 5.90 Å². The maximum atomic E-state index is 13.4. The average Bonchev–Trinajstić information content (AvgIpc) is 3.01. The van der Waals surface area contributed by atoms with Crippen LogP contribution in [0.5, 0.6) is 11.5 Å². The molecular weight excluding hydrogens is 373 g/mol. The van der Waals surface area contributed by atoms with Crippen molar-refractivity contribution in [2.24, 2.45) is 4.99 Å². The van der Waals surface area contributed by atoms with Crippen molar-refractivity contribution in [2.75, 3.05) is 13.7 Å². The molecule has 0 radical (unpaired) electrons. The fourth-order valence-corrected chi connectivity index (χ4v) is 2.69. The Bertz CT molecular complexity index is 968. The second-order valence-corrected chi connectivity index (χ2v) is 5.89. The van der Waals surface area contributed by atoms with Gasteiger partial charge >= 0.3 is 5.97 Å². The number of hydrogen-bond donors (Lipinski definition) is 0. The summed E-state index contributed by atoms with van der Waals surface area (Å²) in [6, 6.07) is 8.90. The second kappa shape index (κ2) is 8.05. The van der Waals surface area contributed by atoms with Crippen molar-refractivity contribution in [3.05, 3.63) is 76.7 Å². The summed E-state index contributed by atoms with van der Waals surface area (Å²) in [5.74, 6) is -0.280. The standard InChI is InChI=1S/C20H15ClFNO4/c1-3-7-26-18-15(21)8-12(10-17(18)25-2)9-16-20(24)27-19(23-16)13-5-4-6-14(22)11-13/h3-6,8-11H,1,7H2,2H3/b16-9-. The van der Waals surface area contributed by atoms with Crippen molar-refractivity contribution in [3.8, 4) is 11.5 Å². The summed E-state index contributed by atoms with van der Waals surface area (Å²) in [7, 11) is 1.48. The van der Waals surface area contributed by atoms with Crippen LogP contribution in [0.2, 0.25) is 5.02 Å². The number of cyclic esters (lactones) is 1. The third kappa shape index (κ3) is 4.17. The quantitative estimate of drug-likeness (QED) is 0.419. The zero-order valence-electron chi connectivity index (χ0n) is 14.4. The van der Waals surface area contributed by atoms with Gasteiger partial charge in [-0.3, -0.25) is 0 Å². The van der Waals surface area contributed by atoms with Gasteiger partial charge in [-0.2, -0.15) is 0 Å². The number of carbonyl (C=O) groups is 1. The molecule has 0 bridgehead atoms. The van der Waals surface area contributed by atoms with E-state index >= 15 is 0 Å². The predicted octanol–water partition coefficient (Wildman–Crippen LogP) is 4.40. The molecule has 0 saturated carbocycles. The SMILES string of the molecule is C=CCOc1c(Cl)cc(/C=C2\N=C(c3cccc(F)c3)OC2=O)cc1OC. The van der Waals surface area contributed by atoms with Gasteiger partial charge in [-0.15, -0.1) is 0 Å². The minimum absolute atomic E-state index is 0.0368. The lowest BCUT2D eigenvalue weighted by Crippen LogP contribution is -2.05. The Balaban J connectivity index is 1.95. The smallest absolute Gasteiger partial charge is 0.363 e. The van der Waals surface area contributed by atoms with Gasteiger partial charge in [-0.1, -0.05) is 30.3 Å². The Morgan fingerprint density at radius 2 is 2.15 bits per heavy atom. The number of nitrogens with zero attached hydrogens (tertiary/aromatic N) is 1. The summed E-state index contributed by atoms with van der Waals surface area (Å²) < 4.78 is 29.3. The highest BCUT2D eigenvalue weighted by atomic mass is 35.5. The first-order valence-corrected chi connectivity index (χ1v) is 8.29. The van der Waals surface area contributed by atoms with Crippen LogP contribution in [-0.2, 0) is 9.53 Å². The largest absolute Gasteiger partial charge is 0.493 e. The molecule has 0 amide bonds. The Kier molecular flexibility index (Phi) is 5.57. The lowest BCUT2D eigenvalue weighted by Gasteiger charge is -2.12. The molecule has 0 N–H and O–H groups in total. The number of benzene rings is 2. The van der Waals surface area contributed by atoms with E-state index < -0.39 is 11.8 Å². The van der Waals surface area contributed by atoms with E-state index in [0.717, 1.165) is 0 Å². The molecule has 0 spiro atoms. The summed E-state index contributed by atoms with van der Waals surface area (Å²) in [5.41, 5.74) is 1.00. The number of rotatable bonds is 6. The molecule has 0 saturated heterocycles. The summed E-state index contributed by atoms with van der Waals surface area (Å²) in [6.45, 7) is 3.85. The van der Waals surface area contributed by atoms with E-state index in [4.69, 9.17) is 25.8 Å². The first-order valence-electron chi connectivity index (χ1n) is 7.91. The second-order valence-electron chi connectivity index (χ2n) is 5.48. The molecule has 27 heavy (non-hydrogen) atoms. The van der Waals surface area contributed by atoms with Crippen molar-refractivity contribution in [3.63, 3.8) is 0 Å². The first kappa shape index (κ1) is 18.7. The van der Waals surface area contributed by atoms with E-state index in [2.05, 4.69) is 11.6 Å². The molecule has 5 nitrogen and oxygen atoms in total. The van der Waals surface area contributed by atoms with Gasteiger partial charge in [-0.25, -0.2) is 14.2 Å². The van der Waals surface area contributed by atoms with Crippen LogP contribution in [0.25, 0.3) is 6.08 Å². The molecular formula is C20H15ClFNO4. The van der Waals surface area contributed by atoms with Crippen molar-refractivity contribution >= 4 is 29.5 Å². The Morgan fingerprint density at radius 3 is 2.85 bits per heavy atom. The zero-order valence-corrected chi connectivity index (χ0v) is 15.1. The summed E-state index contributed by atoms with van der Waals surface area (Å²) in [5, 5.41) is 0.309. The summed E-state index contributed by atoms with van der Waals surface area (Å²) >= 11 is 6.25. The molecule has 1 aliphatic rings. The number of aliphatic imine (C=N–C) groups is 1. The van der Waals surface area contributed by atoms with Crippen LogP contribution in [0.15, 0.2) is 59.7 Å². The predicted molar refractivity (Wildman–Crippen MR) is 101 cm³/mol. The topological polar surface area (TPSA) is 57.1 Å². The van der Waals surface area contributed by atoms with Crippen LogP contribution in [0.1, 0.15) is 11.1 Å². The monoisotopic (exact) mass is 387 g/mol. The molecule has 2 aromatic carbocycles. The first-order chi connectivity index (χ1) is 13.0. The molecule has 0 fully saturated rings. The molecule has 0 atom stereocenters. The molecule has 1 aliphatic heterocycles. The summed E-state index contributed by atoms with van der Waals surface area (Å²) in [4.78, 5) is 16.2. The van der Waals surface area contributed by atoms with Gasteiger partial charge in [0.15, 0.2) is 17.2 Å². The molecule has 138 valence electrons. The molecule has 2 aromatic rings. The van der Waals surface area contributed by atoms with E-state index in [0.29, 0.717) is 27.6 Å². The van der Waals surface area contributed by atoms with E-state index in [1.54, 1.807) is 24.3 Å². The van der Waals surface area contributed by atoms with Gasteiger partial charge in [0.1, 0.15) is 12.4 Å². The lowest BCUT2D eigenvalue weighted by atomic mass is 10.1. The highest BCUT2D eigenvalue weighted by Gasteiger charge is 2.24. The number of ether oxygens (including phenoxy) is 3. The minimum Gasteiger partial charge on any atom is -0.493 e. The molecule has 0 aromatic heterocycles. The summed E-state index contributed by atoms with van der Waals surface area (Å²) in [6.07, 6.45) is 3.09. The van der Waals surface area contributed by atoms with Crippen LogP contribution in [0.4, 0.5) is 4.39 Å². The highest BCUT2D eigenvalue weighted by molar-refractivity contribution is 6.32. The van der Waals surface area contributed by atoms with Gasteiger partial charge < -0.3 is 14.2 Å². The van der Waals surface area contributed by atoms with Gasteiger partial charge in [0.25, 0.3) is 0 Å². The normalized spacial score (nSPS) is 14.7. The Morgan fingerprint density at radius 1 is 1.33 bits per heavy atom. The van der Waals surface area contributed by atoms with Gasteiger partial charge in [-0.05, 0) is 42.0 Å². The number of methoxy groups -OCH3 is 1. The Hall–Kier alpha value is -3.12. The van der Waals surface area contributed by atoms with E-state index in [-0.39, 0.29) is 18.2 Å². The maximum absolute atomic E-state index is 13.4. The van der Waals surface area contributed by atoms with Crippen LogP contribution in [0, 0.1) is 5.82 Å². The van der Waals surface area contributed by atoms with Crippen molar-refractivity contribution in [1.29, 1.82) is 0 Å². The van der Waals surface area contributed by atoms with Crippen molar-refractivity contribution < 1.29 is 23.4 Å². The third-order valence-electron chi connectivity index (χ3n) is 3.59. The Labute approximate surface area is 160 Å². The average molecular weight is 388 g/mol. The number of halogens is 2. The lowest BCUT2D eigenvalue weighted by molar-refractivity contribution is -0.129. The molecule has 7 heteroatoms. The van der Waals surface area contributed by atoms with Gasteiger partial charge in [0.05, 0.1) is 12.1 Å². The van der Waals surface area contributed by atoms with Gasteiger partial charge in [0, 0.05) is 5.56 Å². The van der Waals surface area contributed by atoms with Crippen LogP contribution >= 0.6 is 11.6 Å². The molecule has 1 heterocycles. The third-order valence-corrected chi connectivity index (χ3v) is 3.87. The number of carbonyl (C=O) groups excluding carboxylic acids is 1. The van der Waals surface area contributed by atoms with Crippen molar-refractivity contribution in [2.45, 2.75) is 0 Å². The van der Waals surface area contributed by atoms with E-state index in [9.17, 15) is 9.18 Å². The molecule has 0 aliphatic carbocycles. The van der Waals surface area contributed by atoms with E-state index in [1.807, 2.05) is 0 Å². The number of hydrogen-bond acceptors (Lipinski definition) is 5. The zero-order chi connectivity index (χ0) is 19.4. The highest BCUT2D eigenvalue weighted by Crippen LogP contribution is 2.37. The van der Waals surface area contributed by atoms with Crippen molar-refractivity contribution in [1.82, 2.24) is 0 Å².